The van der Waals surface area contributed by atoms with Crippen molar-refractivity contribution in [1.82, 2.24) is 14.3 Å². The van der Waals surface area contributed by atoms with Gasteiger partial charge in [0, 0.05) is 18.0 Å². The summed E-state index contributed by atoms with van der Waals surface area (Å²) in [6, 6.07) is 3.78. The van der Waals surface area contributed by atoms with Crippen LogP contribution in [0.5, 0.6) is 0 Å². The Labute approximate surface area is 127 Å². The molecule has 2 aromatic heterocycles. The Bertz CT molecular complexity index is 670. The van der Waals surface area contributed by atoms with Crippen molar-refractivity contribution in [2.24, 2.45) is 5.84 Å². The first-order valence-corrected chi connectivity index (χ1v) is 8.56. The lowest BCUT2D eigenvalue weighted by Crippen LogP contribution is -2.36. The van der Waals surface area contributed by atoms with Crippen molar-refractivity contribution >= 4 is 27.3 Å². The normalized spacial score (nSPS) is 13.3. The van der Waals surface area contributed by atoms with E-state index in [2.05, 4.69) is 15.4 Å². The Balaban J connectivity index is 2.16. The molecule has 3 N–H and O–H groups in total. The highest BCUT2D eigenvalue weighted by Gasteiger charge is 2.26. The molecule has 7 nitrogen and oxygen atoms in total. The molecule has 0 aliphatic carbocycles. The van der Waals surface area contributed by atoms with Crippen molar-refractivity contribution in [2.45, 2.75) is 24.3 Å². The molecule has 0 bridgehead atoms. The van der Waals surface area contributed by atoms with Crippen LogP contribution >= 0.6 is 11.3 Å². The molecular weight excluding hydrogens is 310 g/mol. The van der Waals surface area contributed by atoms with E-state index in [0.717, 1.165) is 4.88 Å². The average molecular weight is 327 g/mol. The first-order valence-electron chi connectivity index (χ1n) is 6.24. The van der Waals surface area contributed by atoms with E-state index in [-0.39, 0.29) is 16.9 Å². The number of hydrogen-bond donors (Lipinski definition) is 2. The SMILES string of the molecule is CC(Cc1cccs1)N(C)S(=O)(=O)c1cnc(NN)nc1. The molecule has 1 unspecified atom stereocenters. The summed E-state index contributed by atoms with van der Waals surface area (Å²) in [5.74, 6) is 5.33. The summed E-state index contributed by atoms with van der Waals surface area (Å²) in [7, 11) is -2.06. The summed E-state index contributed by atoms with van der Waals surface area (Å²) in [6.07, 6.45) is 3.15. The minimum absolute atomic E-state index is 0.0435. The number of nitrogen functional groups attached to an aromatic ring is 1. The number of thiophene rings is 1. The van der Waals surface area contributed by atoms with Crippen LogP contribution in [-0.2, 0) is 16.4 Å². The number of hydrazine groups is 1. The lowest BCUT2D eigenvalue weighted by molar-refractivity contribution is 0.388. The summed E-state index contributed by atoms with van der Waals surface area (Å²) < 4.78 is 26.3. The van der Waals surface area contributed by atoms with Crippen LogP contribution in [0.2, 0.25) is 0 Å². The van der Waals surface area contributed by atoms with Crippen molar-refractivity contribution in [3.05, 3.63) is 34.8 Å². The van der Waals surface area contributed by atoms with E-state index in [1.165, 1.54) is 16.7 Å². The number of sulfonamides is 1. The first-order chi connectivity index (χ1) is 9.95. The summed E-state index contributed by atoms with van der Waals surface area (Å²) in [5, 5.41) is 1.98. The van der Waals surface area contributed by atoms with E-state index >= 15 is 0 Å². The van der Waals surface area contributed by atoms with Gasteiger partial charge >= 0.3 is 0 Å². The standard InChI is InChI=1S/C12H17N5O2S2/c1-9(6-10-4-3-5-20-10)17(2)21(18,19)11-7-14-12(16-13)15-8-11/h3-5,7-9H,6,13H2,1-2H3,(H,14,15,16). The van der Waals surface area contributed by atoms with Crippen molar-refractivity contribution in [1.29, 1.82) is 0 Å². The molecule has 2 rings (SSSR count). The molecule has 2 aromatic rings. The van der Waals surface area contributed by atoms with Gasteiger partial charge in [-0.3, -0.25) is 5.43 Å². The monoisotopic (exact) mass is 327 g/mol. The van der Waals surface area contributed by atoms with E-state index in [4.69, 9.17) is 5.84 Å². The van der Waals surface area contributed by atoms with Gasteiger partial charge in [0.05, 0.1) is 12.4 Å². The molecule has 0 aliphatic heterocycles. The Morgan fingerprint density at radius 1 is 1.43 bits per heavy atom. The number of aromatic nitrogens is 2. The molecule has 114 valence electrons. The molecule has 2 heterocycles. The quantitative estimate of drug-likeness (QED) is 0.608. The fraction of sp³-hybridized carbons (Fsp3) is 0.333. The van der Waals surface area contributed by atoms with Crippen molar-refractivity contribution in [2.75, 3.05) is 12.5 Å². The van der Waals surface area contributed by atoms with Crippen molar-refractivity contribution in [3.63, 3.8) is 0 Å². The first kappa shape index (κ1) is 15.8. The average Bonchev–Trinajstić information content (AvgIpc) is 2.99. The minimum Gasteiger partial charge on any atom is -0.292 e. The van der Waals surface area contributed by atoms with Gasteiger partial charge in [-0.1, -0.05) is 6.07 Å². The predicted octanol–water partition coefficient (Wildman–Crippen LogP) is 1.08. The molecule has 0 fully saturated rings. The fourth-order valence-corrected chi connectivity index (χ4v) is 3.85. The highest BCUT2D eigenvalue weighted by Crippen LogP contribution is 2.19. The Morgan fingerprint density at radius 3 is 2.62 bits per heavy atom. The molecule has 0 amide bonds. The van der Waals surface area contributed by atoms with E-state index in [1.54, 1.807) is 18.4 Å². The van der Waals surface area contributed by atoms with Crippen LogP contribution in [0.4, 0.5) is 5.95 Å². The molecule has 0 saturated heterocycles. The molecule has 0 aliphatic rings. The number of anilines is 1. The van der Waals surface area contributed by atoms with Crippen molar-refractivity contribution < 1.29 is 8.42 Å². The zero-order valence-electron chi connectivity index (χ0n) is 11.7. The second-order valence-electron chi connectivity index (χ2n) is 4.54. The van der Waals surface area contributed by atoms with Crippen LogP contribution in [0.15, 0.2) is 34.8 Å². The van der Waals surface area contributed by atoms with Gasteiger partial charge in [0.2, 0.25) is 16.0 Å². The summed E-state index contributed by atoms with van der Waals surface area (Å²) >= 11 is 1.61. The molecule has 21 heavy (non-hydrogen) atoms. The largest absolute Gasteiger partial charge is 0.292 e. The summed E-state index contributed by atoms with van der Waals surface area (Å²) in [5.41, 5.74) is 2.26. The van der Waals surface area contributed by atoms with Gasteiger partial charge in [-0.25, -0.2) is 24.2 Å². The predicted molar refractivity (Wildman–Crippen MR) is 82.3 cm³/mol. The third-order valence-electron chi connectivity index (χ3n) is 3.13. The zero-order valence-corrected chi connectivity index (χ0v) is 13.4. The Hall–Kier alpha value is -1.55. The Kier molecular flexibility index (Phi) is 4.88. The number of rotatable bonds is 6. The third-order valence-corrected chi connectivity index (χ3v) is 5.96. The Morgan fingerprint density at radius 2 is 2.10 bits per heavy atom. The lowest BCUT2D eigenvalue weighted by Gasteiger charge is -2.23. The van der Waals surface area contributed by atoms with Crippen LogP contribution in [0, 0.1) is 0 Å². The fourth-order valence-electron chi connectivity index (χ4n) is 1.78. The van der Waals surface area contributed by atoms with Gasteiger partial charge in [-0.15, -0.1) is 11.3 Å². The number of nitrogens with one attached hydrogen (secondary N) is 1. The van der Waals surface area contributed by atoms with E-state index < -0.39 is 10.0 Å². The second kappa shape index (κ2) is 6.48. The van der Waals surface area contributed by atoms with Gasteiger partial charge < -0.3 is 0 Å². The van der Waals surface area contributed by atoms with Gasteiger partial charge in [0.1, 0.15) is 4.90 Å². The van der Waals surface area contributed by atoms with Crippen LogP contribution in [0.3, 0.4) is 0 Å². The van der Waals surface area contributed by atoms with Crippen LogP contribution < -0.4 is 11.3 Å². The number of nitrogens with zero attached hydrogens (tertiary/aromatic N) is 3. The topological polar surface area (TPSA) is 101 Å². The summed E-state index contributed by atoms with van der Waals surface area (Å²) in [6.45, 7) is 1.87. The zero-order chi connectivity index (χ0) is 15.5. The second-order valence-corrected chi connectivity index (χ2v) is 7.57. The van der Waals surface area contributed by atoms with Crippen molar-refractivity contribution in [3.8, 4) is 0 Å². The summed E-state index contributed by atoms with van der Waals surface area (Å²) in [4.78, 5) is 8.85. The maximum absolute atomic E-state index is 12.5. The van der Waals surface area contributed by atoms with E-state index in [9.17, 15) is 8.42 Å². The minimum atomic E-state index is -3.62. The van der Waals surface area contributed by atoms with Gasteiger partial charge in [0.25, 0.3) is 0 Å². The highest BCUT2D eigenvalue weighted by molar-refractivity contribution is 7.89. The van der Waals surface area contributed by atoms with Crippen LogP contribution in [-0.4, -0.2) is 35.8 Å². The van der Waals surface area contributed by atoms with E-state index in [1.807, 2.05) is 24.4 Å². The van der Waals surface area contributed by atoms with Gasteiger partial charge in [-0.05, 0) is 24.8 Å². The molecule has 0 spiro atoms. The maximum Gasteiger partial charge on any atom is 0.246 e. The third kappa shape index (κ3) is 3.56. The van der Waals surface area contributed by atoms with E-state index in [0.29, 0.717) is 6.42 Å². The molecule has 9 heteroatoms. The number of nitrogens with two attached hydrogens (primary N) is 1. The van der Waals surface area contributed by atoms with Crippen LogP contribution in [0.25, 0.3) is 0 Å². The molecule has 1 atom stereocenters. The highest BCUT2D eigenvalue weighted by atomic mass is 32.2. The van der Waals surface area contributed by atoms with Crippen LogP contribution in [0.1, 0.15) is 11.8 Å². The maximum atomic E-state index is 12.5. The molecular formula is C12H17N5O2S2. The lowest BCUT2D eigenvalue weighted by atomic mass is 10.2. The number of hydrogen-bond acceptors (Lipinski definition) is 7. The molecule has 0 saturated carbocycles. The molecule has 0 radical (unpaired) electrons. The molecule has 0 aromatic carbocycles. The smallest absolute Gasteiger partial charge is 0.246 e. The number of likely N-dealkylation sites (N-methyl/N-ethyl adjacent to an activating group) is 1. The van der Waals surface area contributed by atoms with Gasteiger partial charge in [0.15, 0.2) is 0 Å². The van der Waals surface area contributed by atoms with Gasteiger partial charge in [-0.2, -0.15) is 4.31 Å².